The number of nitrogens with zero attached hydrogens (tertiary/aromatic N) is 1. The van der Waals surface area contributed by atoms with Crippen LogP contribution in [0.15, 0.2) is 48.5 Å². The van der Waals surface area contributed by atoms with E-state index in [-0.39, 0.29) is 18.4 Å². The Labute approximate surface area is 166 Å². The summed E-state index contributed by atoms with van der Waals surface area (Å²) in [6, 6.07) is 15.2. The molecule has 0 aliphatic carbocycles. The molecule has 5 nitrogen and oxygen atoms in total. The molecule has 0 bridgehead atoms. The maximum Gasteiger partial charge on any atom is 0.260 e. The number of nitrogens with one attached hydrogen (secondary N) is 1. The molecule has 1 heterocycles. The van der Waals surface area contributed by atoms with Gasteiger partial charge in [0.25, 0.3) is 5.91 Å². The molecular weight excluding hydrogens is 352 g/mol. The maximum absolute atomic E-state index is 12.9. The third-order valence-corrected chi connectivity index (χ3v) is 5.25. The van der Waals surface area contributed by atoms with Gasteiger partial charge in [0.1, 0.15) is 5.75 Å². The van der Waals surface area contributed by atoms with Crippen molar-refractivity contribution in [2.75, 3.05) is 25.0 Å². The van der Waals surface area contributed by atoms with Crippen LogP contribution >= 0.6 is 0 Å². The van der Waals surface area contributed by atoms with Gasteiger partial charge in [0.05, 0.1) is 5.41 Å². The number of carbonyl (C=O) groups is 2. The summed E-state index contributed by atoms with van der Waals surface area (Å²) in [7, 11) is 0. The van der Waals surface area contributed by atoms with Crippen molar-refractivity contribution in [3.8, 4) is 5.75 Å². The number of likely N-dealkylation sites (tertiary alicyclic amines) is 1. The van der Waals surface area contributed by atoms with Crippen LogP contribution in [-0.2, 0) is 15.0 Å². The van der Waals surface area contributed by atoms with Crippen molar-refractivity contribution in [3.05, 3.63) is 59.7 Å². The van der Waals surface area contributed by atoms with Gasteiger partial charge in [-0.15, -0.1) is 0 Å². The molecule has 1 N–H and O–H groups in total. The Morgan fingerprint density at radius 1 is 1.07 bits per heavy atom. The third kappa shape index (κ3) is 4.71. The lowest BCUT2D eigenvalue weighted by atomic mass is 9.83. The molecule has 0 spiro atoms. The van der Waals surface area contributed by atoms with E-state index in [1.165, 1.54) is 0 Å². The van der Waals surface area contributed by atoms with Gasteiger partial charge in [-0.1, -0.05) is 35.9 Å². The molecule has 148 valence electrons. The van der Waals surface area contributed by atoms with Gasteiger partial charge < -0.3 is 15.0 Å². The lowest BCUT2D eigenvalue weighted by Crippen LogP contribution is -2.34. The summed E-state index contributed by atoms with van der Waals surface area (Å²) in [6.45, 7) is 7.48. The highest BCUT2D eigenvalue weighted by atomic mass is 16.5. The molecule has 3 rings (SSSR count). The first kappa shape index (κ1) is 19.9. The first-order valence-electron chi connectivity index (χ1n) is 9.75. The molecule has 2 aromatic rings. The molecule has 1 aliphatic heterocycles. The molecule has 0 atom stereocenters. The van der Waals surface area contributed by atoms with Gasteiger partial charge in [-0.25, -0.2) is 0 Å². The monoisotopic (exact) mass is 380 g/mol. The highest BCUT2D eigenvalue weighted by Gasteiger charge is 2.29. The van der Waals surface area contributed by atoms with Crippen LogP contribution in [0.2, 0.25) is 0 Å². The van der Waals surface area contributed by atoms with E-state index in [0.717, 1.165) is 37.1 Å². The average molecular weight is 380 g/mol. The largest absolute Gasteiger partial charge is 0.484 e. The molecule has 0 saturated carbocycles. The number of rotatable bonds is 6. The van der Waals surface area contributed by atoms with Gasteiger partial charge in [-0.05, 0) is 51.3 Å². The molecular formula is C23H28N2O3. The Morgan fingerprint density at radius 2 is 1.75 bits per heavy atom. The Hall–Kier alpha value is -2.82. The van der Waals surface area contributed by atoms with Gasteiger partial charge in [-0.3, -0.25) is 9.59 Å². The molecule has 2 aromatic carbocycles. The number of hydrogen-bond donors (Lipinski definition) is 1. The number of amides is 2. The fourth-order valence-electron chi connectivity index (χ4n) is 3.26. The van der Waals surface area contributed by atoms with Crippen molar-refractivity contribution in [3.63, 3.8) is 0 Å². The number of aryl methyl sites for hydroxylation is 1. The summed E-state index contributed by atoms with van der Waals surface area (Å²) in [4.78, 5) is 26.8. The maximum atomic E-state index is 12.9. The number of benzene rings is 2. The van der Waals surface area contributed by atoms with Crippen LogP contribution < -0.4 is 10.1 Å². The van der Waals surface area contributed by atoms with Crippen LogP contribution in [0, 0.1) is 6.92 Å². The summed E-state index contributed by atoms with van der Waals surface area (Å²) in [5.74, 6) is 0.479. The highest BCUT2D eigenvalue weighted by Crippen LogP contribution is 2.26. The molecule has 1 aliphatic rings. The standard InChI is InChI=1S/C23H28N2O3/c1-17-9-11-18(12-10-17)23(2,3)22(27)24-19-7-6-8-20(15-19)28-16-21(26)25-13-4-5-14-25/h6-12,15H,4-5,13-14,16H2,1-3H3,(H,24,27). The zero-order valence-corrected chi connectivity index (χ0v) is 16.8. The summed E-state index contributed by atoms with van der Waals surface area (Å²) in [5, 5.41) is 2.96. The van der Waals surface area contributed by atoms with Crippen LogP contribution in [0.1, 0.15) is 37.8 Å². The second kappa shape index (κ2) is 8.46. The van der Waals surface area contributed by atoms with Crippen LogP contribution in [0.4, 0.5) is 5.69 Å². The van der Waals surface area contributed by atoms with Gasteiger partial charge in [0, 0.05) is 24.8 Å². The highest BCUT2D eigenvalue weighted by molar-refractivity contribution is 5.98. The smallest absolute Gasteiger partial charge is 0.260 e. The number of hydrogen-bond acceptors (Lipinski definition) is 3. The molecule has 28 heavy (non-hydrogen) atoms. The van der Waals surface area contributed by atoms with E-state index in [2.05, 4.69) is 5.32 Å². The van der Waals surface area contributed by atoms with Crippen LogP contribution in [-0.4, -0.2) is 36.4 Å². The molecule has 0 unspecified atom stereocenters. The molecule has 0 aromatic heterocycles. The second-order valence-electron chi connectivity index (χ2n) is 7.85. The van der Waals surface area contributed by atoms with E-state index in [4.69, 9.17) is 4.74 Å². The summed E-state index contributed by atoms with van der Waals surface area (Å²) in [6.07, 6.45) is 2.12. The van der Waals surface area contributed by atoms with E-state index in [1.54, 1.807) is 12.1 Å². The predicted molar refractivity (Wildman–Crippen MR) is 111 cm³/mol. The van der Waals surface area contributed by atoms with Gasteiger partial charge in [0.2, 0.25) is 5.91 Å². The molecule has 5 heteroatoms. The van der Waals surface area contributed by atoms with Crippen molar-refractivity contribution >= 4 is 17.5 Å². The molecule has 0 radical (unpaired) electrons. The minimum atomic E-state index is -0.670. The van der Waals surface area contributed by atoms with Gasteiger partial charge in [0.15, 0.2) is 6.61 Å². The van der Waals surface area contributed by atoms with Gasteiger partial charge >= 0.3 is 0 Å². The SMILES string of the molecule is Cc1ccc(C(C)(C)C(=O)Nc2cccc(OCC(=O)N3CCCC3)c2)cc1. The normalized spacial score (nSPS) is 14.0. The Balaban J connectivity index is 1.62. The fraction of sp³-hybridized carbons (Fsp3) is 0.391. The van der Waals surface area contributed by atoms with E-state index in [9.17, 15) is 9.59 Å². The van der Waals surface area contributed by atoms with Crippen molar-refractivity contribution in [2.24, 2.45) is 0 Å². The van der Waals surface area contributed by atoms with E-state index in [1.807, 2.05) is 62.1 Å². The molecule has 1 saturated heterocycles. The van der Waals surface area contributed by atoms with Crippen LogP contribution in [0.3, 0.4) is 0 Å². The number of anilines is 1. The second-order valence-corrected chi connectivity index (χ2v) is 7.85. The number of carbonyl (C=O) groups excluding carboxylic acids is 2. The Kier molecular flexibility index (Phi) is 6.02. The van der Waals surface area contributed by atoms with Crippen molar-refractivity contribution < 1.29 is 14.3 Å². The first-order chi connectivity index (χ1) is 13.4. The van der Waals surface area contributed by atoms with E-state index >= 15 is 0 Å². The minimum Gasteiger partial charge on any atom is -0.484 e. The lowest BCUT2D eigenvalue weighted by molar-refractivity contribution is -0.132. The quantitative estimate of drug-likeness (QED) is 0.826. The Bertz CT molecular complexity index is 837. The molecule has 1 fully saturated rings. The van der Waals surface area contributed by atoms with Gasteiger partial charge in [-0.2, -0.15) is 0 Å². The summed E-state index contributed by atoms with van der Waals surface area (Å²) >= 11 is 0. The van der Waals surface area contributed by atoms with Crippen molar-refractivity contribution in [2.45, 2.75) is 39.0 Å². The third-order valence-electron chi connectivity index (χ3n) is 5.25. The average Bonchev–Trinajstić information content (AvgIpc) is 3.21. The predicted octanol–water partition coefficient (Wildman–Crippen LogP) is 3.91. The zero-order chi connectivity index (χ0) is 20.1. The lowest BCUT2D eigenvalue weighted by Gasteiger charge is -2.24. The van der Waals surface area contributed by atoms with Crippen LogP contribution in [0.25, 0.3) is 0 Å². The Morgan fingerprint density at radius 3 is 2.43 bits per heavy atom. The van der Waals surface area contributed by atoms with Crippen LogP contribution in [0.5, 0.6) is 5.75 Å². The number of ether oxygens (including phenoxy) is 1. The first-order valence-corrected chi connectivity index (χ1v) is 9.75. The van der Waals surface area contributed by atoms with Crippen molar-refractivity contribution in [1.29, 1.82) is 0 Å². The van der Waals surface area contributed by atoms with Crippen molar-refractivity contribution in [1.82, 2.24) is 4.90 Å². The van der Waals surface area contributed by atoms with E-state index in [0.29, 0.717) is 11.4 Å². The minimum absolute atomic E-state index is 0.00689. The summed E-state index contributed by atoms with van der Waals surface area (Å²) < 4.78 is 5.64. The zero-order valence-electron chi connectivity index (χ0n) is 16.8. The summed E-state index contributed by atoms with van der Waals surface area (Å²) in [5.41, 5.74) is 2.10. The fourth-order valence-corrected chi connectivity index (χ4v) is 3.26. The topological polar surface area (TPSA) is 58.6 Å². The molecule has 2 amide bonds. The van der Waals surface area contributed by atoms with E-state index < -0.39 is 5.41 Å².